The number of thioether (sulfide) groups is 1. The highest BCUT2D eigenvalue weighted by atomic mass is 32.2. The van der Waals surface area contributed by atoms with Crippen molar-refractivity contribution in [3.05, 3.63) is 54.6 Å². The van der Waals surface area contributed by atoms with E-state index in [0.29, 0.717) is 10.9 Å². The summed E-state index contributed by atoms with van der Waals surface area (Å²) in [6.45, 7) is 0. The quantitative estimate of drug-likeness (QED) is 0.742. The standard InChI is InChI=1S/C21H20N2O4S2/c24-20(14-6-7-14)22-21-23(18-12-29(25,26)13-19(18)28-21)15-8-10-17(11-9-15)27-16-4-2-1-3-5-16/h1-5,8-11,14,18-19H,6-7,12-13H2/t18-,19-/m0/s1. The van der Waals surface area contributed by atoms with E-state index < -0.39 is 9.84 Å². The number of benzene rings is 2. The van der Waals surface area contributed by atoms with Gasteiger partial charge in [0.05, 0.1) is 17.5 Å². The summed E-state index contributed by atoms with van der Waals surface area (Å²) in [4.78, 5) is 18.6. The third-order valence-corrected chi connectivity index (χ3v) is 8.50. The van der Waals surface area contributed by atoms with Gasteiger partial charge >= 0.3 is 0 Å². The molecule has 0 bridgehead atoms. The van der Waals surface area contributed by atoms with Crippen LogP contribution in [-0.4, -0.2) is 42.3 Å². The Morgan fingerprint density at radius 1 is 1.00 bits per heavy atom. The summed E-state index contributed by atoms with van der Waals surface area (Å²) >= 11 is 1.41. The number of amidine groups is 1. The van der Waals surface area contributed by atoms with Crippen molar-refractivity contribution in [3.8, 4) is 11.5 Å². The highest BCUT2D eigenvalue weighted by Gasteiger charge is 2.49. The third-order valence-electron chi connectivity index (χ3n) is 5.29. The van der Waals surface area contributed by atoms with Crippen molar-refractivity contribution in [3.63, 3.8) is 0 Å². The molecule has 2 heterocycles. The maximum absolute atomic E-state index is 12.3. The molecule has 2 aromatic rings. The fraction of sp³-hybridized carbons (Fsp3) is 0.333. The lowest BCUT2D eigenvalue weighted by molar-refractivity contribution is -0.118. The molecule has 0 unspecified atom stereocenters. The van der Waals surface area contributed by atoms with E-state index in [1.165, 1.54) is 11.8 Å². The fourth-order valence-electron chi connectivity index (χ4n) is 3.68. The number of nitrogens with zero attached hydrogens (tertiary/aromatic N) is 2. The molecule has 29 heavy (non-hydrogen) atoms. The van der Waals surface area contributed by atoms with Crippen LogP contribution in [0.25, 0.3) is 0 Å². The minimum absolute atomic E-state index is 0.0378. The molecule has 1 saturated carbocycles. The van der Waals surface area contributed by atoms with Crippen LogP contribution in [-0.2, 0) is 14.6 Å². The van der Waals surface area contributed by atoms with E-state index in [9.17, 15) is 13.2 Å². The maximum atomic E-state index is 12.3. The summed E-state index contributed by atoms with van der Waals surface area (Å²) in [5.41, 5.74) is 0.824. The molecule has 6 nitrogen and oxygen atoms in total. The van der Waals surface area contributed by atoms with E-state index in [1.807, 2.05) is 59.5 Å². The summed E-state index contributed by atoms with van der Waals surface area (Å²) in [6.07, 6.45) is 1.79. The Morgan fingerprint density at radius 3 is 2.38 bits per heavy atom. The lowest BCUT2D eigenvalue weighted by atomic mass is 10.2. The average molecular weight is 429 g/mol. The Kier molecular flexibility index (Phi) is 4.63. The number of aliphatic imine (C=N–C) groups is 1. The Hall–Kier alpha value is -2.32. The van der Waals surface area contributed by atoms with Gasteiger partial charge in [0.2, 0.25) is 0 Å². The van der Waals surface area contributed by atoms with Gasteiger partial charge in [0.1, 0.15) is 11.5 Å². The van der Waals surface area contributed by atoms with Gasteiger partial charge in [0.25, 0.3) is 5.91 Å². The zero-order valence-electron chi connectivity index (χ0n) is 15.6. The smallest absolute Gasteiger partial charge is 0.251 e. The summed E-state index contributed by atoms with van der Waals surface area (Å²) in [7, 11) is -3.08. The molecule has 2 aliphatic heterocycles. The van der Waals surface area contributed by atoms with Crippen LogP contribution < -0.4 is 9.64 Å². The van der Waals surface area contributed by atoms with E-state index in [1.54, 1.807) is 0 Å². The van der Waals surface area contributed by atoms with E-state index >= 15 is 0 Å². The molecule has 2 aromatic carbocycles. The van der Waals surface area contributed by atoms with Crippen molar-refractivity contribution >= 4 is 38.4 Å². The highest BCUT2D eigenvalue weighted by molar-refractivity contribution is 8.16. The van der Waals surface area contributed by atoms with Gasteiger partial charge in [0.15, 0.2) is 15.0 Å². The number of carbonyl (C=O) groups is 1. The lowest BCUT2D eigenvalue weighted by Crippen LogP contribution is -2.37. The summed E-state index contributed by atoms with van der Waals surface area (Å²) < 4.78 is 30.2. The van der Waals surface area contributed by atoms with E-state index in [2.05, 4.69) is 4.99 Å². The predicted molar refractivity (Wildman–Crippen MR) is 114 cm³/mol. The first-order chi connectivity index (χ1) is 14.0. The fourth-order valence-corrected chi connectivity index (χ4v) is 7.60. The van der Waals surface area contributed by atoms with Gasteiger partial charge in [-0.25, -0.2) is 8.42 Å². The van der Waals surface area contributed by atoms with Crippen molar-refractivity contribution in [2.24, 2.45) is 10.9 Å². The summed E-state index contributed by atoms with van der Waals surface area (Å²) in [5.74, 6) is 1.60. The lowest BCUT2D eigenvalue weighted by Gasteiger charge is -2.24. The molecule has 1 amide bonds. The number of fused-ring (bicyclic) bond motifs is 1. The van der Waals surface area contributed by atoms with Crippen molar-refractivity contribution in [1.82, 2.24) is 0 Å². The molecule has 150 valence electrons. The zero-order chi connectivity index (χ0) is 20.0. The number of rotatable bonds is 4. The molecule has 0 aromatic heterocycles. The van der Waals surface area contributed by atoms with Gasteiger partial charge < -0.3 is 9.64 Å². The predicted octanol–water partition coefficient (Wildman–Crippen LogP) is 3.49. The Bertz CT molecular complexity index is 1060. The molecule has 2 atom stereocenters. The maximum Gasteiger partial charge on any atom is 0.251 e. The zero-order valence-corrected chi connectivity index (χ0v) is 17.2. The van der Waals surface area contributed by atoms with Crippen molar-refractivity contribution < 1.29 is 17.9 Å². The van der Waals surface area contributed by atoms with Crippen molar-refractivity contribution in [2.75, 3.05) is 16.4 Å². The minimum Gasteiger partial charge on any atom is -0.457 e. The van der Waals surface area contributed by atoms with Crippen molar-refractivity contribution in [1.29, 1.82) is 0 Å². The Labute approximate surface area is 173 Å². The van der Waals surface area contributed by atoms with Gasteiger partial charge in [-0.1, -0.05) is 30.0 Å². The van der Waals surface area contributed by atoms with Crippen LogP contribution in [0.3, 0.4) is 0 Å². The van der Waals surface area contributed by atoms with Crippen LogP contribution in [0.1, 0.15) is 12.8 Å². The van der Waals surface area contributed by atoms with Gasteiger partial charge in [-0.05, 0) is 49.2 Å². The van der Waals surface area contributed by atoms with Gasteiger partial charge in [-0.15, -0.1) is 0 Å². The average Bonchev–Trinajstić information content (AvgIpc) is 3.44. The molecular weight excluding hydrogens is 408 g/mol. The highest BCUT2D eigenvalue weighted by Crippen LogP contribution is 2.42. The normalized spacial score (nSPS) is 26.5. The van der Waals surface area contributed by atoms with E-state index in [-0.39, 0.29) is 34.6 Å². The number of anilines is 1. The minimum atomic E-state index is -3.08. The van der Waals surface area contributed by atoms with E-state index in [0.717, 1.165) is 24.3 Å². The SMILES string of the molecule is O=C(N=C1S[C@H]2CS(=O)(=O)C[C@@H]2N1c1ccc(Oc2ccccc2)cc1)C1CC1. The monoisotopic (exact) mass is 428 g/mol. The number of para-hydroxylation sites is 1. The first-order valence-corrected chi connectivity index (χ1v) is 12.3. The molecule has 3 aliphatic rings. The Balaban J connectivity index is 1.43. The Morgan fingerprint density at radius 2 is 1.69 bits per heavy atom. The van der Waals surface area contributed by atoms with E-state index in [4.69, 9.17) is 4.74 Å². The van der Waals surface area contributed by atoms with Crippen molar-refractivity contribution in [2.45, 2.75) is 24.1 Å². The summed E-state index contributed by atoms with van der Waals surface area (Å²) in [5, 5.41) is 0.523. The topological polar surface area (TPSA) is 76.0 Å². The second kappa shape index (κ2) is 7.18. The second-order valence-electron chi connectivity index (χ2n) is 7.59. The second-order valence-corrected chi connectivity index (χ2v) is 10.9. The third kappa shape index (κ3) is 3.91. The van der Waals surface area contributed by atoms with Gasteiger partial charge in [0, 0.05) is 16.9 Å². The molecule has 0 N–H and O–H groups in total. The molecule has 0 spiro atoms. The molecule has 1 aliphatic carbocycles. The number of ether oxygens (including phenoxy) is 1. The molecule has 0 radical (unpaired) electrons. The molecule has 2 saturated heterocycles. The first kappa shape index (κ1) is 18.7. The summed E-state index contributed by atoms with van der Waals surface area (Å²) in [6, 6.07) is 16.8. The number of amides is 1. The van der Waals surface area contributed by atoms with Crippen LogP contribution in [0.4, 0.5) is 5.69 Å². The molecule has 5 rings (SSSR count). The number of sulfone groups is 1. The molecular formula is C21H20N2O4S2. The van der Waals surface area contributed by atoms with Crippen LogP contribution in [0, 0.1) is 5.92 Å². The largest absolute Gasteiger partial charge is 0.457 e. The molecule has 8 heteroatoms. The number of hydrogen-bond acceptors (Lipinski definition) is 5. The van der Waals surface area contributed by atoms with Crippen LogP contribution >= 0.6 is 11.8 Å². The number of carbonyl (C=O) groups excluding carboxylic acids is 1. The van der Waals surface area contributed by atoms with Crippen LogP contribution in [0.5, 0.6) is 11.5 Å². The number of hydrogen-bond donors (Lipinski definition) is 0. The molecule has 3 fully saturated rings. The first-order valence-electron chi connectivity index (χ1n) is 9.60. The van der Waals surface area contributed by atoms with Crippen LogP contribution in [0.2, 0.25) is 0 Å². The van der Waals surface area contributed by atoms with Crippen LogP contribution in [0.15, 0.2) is 59.6 Å². The van der Waals surface area contributed by atoms with Gasteiger partial charge in [-0.3, -0.25) is 4.79 Å². The van der Waals surface area contributed by atoms with Gasteiger partial charge in [-0.2, -0.15) is 4.99 Å².